The molecular weight excluding hydrogens is 439 g/mol. The van der Waals surface area contributed by atoms with Crippen LogP contribution in [0.5, 0.6) is 0 Å². The number of anilines is 1. The average molecular weight is 459 g/mol. The van der Waals surface area contributed by atoms with E-state index in [1.165, 1.54) is 12.4 Å². The van der Waals surface area contributed by atoms with E-state index in [1.54, 1.807) is 32.6 Å². The molecule has 1 saturated heterocycles. The van der Waals surface area contributed by atoms with Gasteiger partial charge in [0, 0.05) is 50.5 Å². The molecule has 0 saturated carbocycles. The Hall–Kier alpha value is -3.46. The molecule has 0 spiro atoms. The zero-order valence-corrected chi connectivity index (χ0v) is 18.0. The van der Waals surface area contributed by atoms with E-state index in [0.717, 1.165) is 6.07 Å². The highest BCUT2D eigenvalue weighted by atomic mass is 35.5. The van der Waals surface area contributed by atoms with Crippen LogP contribution in [0.25, 0.3) is 10.9 Å². The normalized spacial score (nSPS) is 14.1. The molecule has 3 heterocycles. The minimum Gasteiger partial charge on any atom is -0.477 e. The summed E-state index contributed by atoms with van der Waals surface area (Å²) >= 11 is 6.03. The van der Waals surface area contributed by atoms with Crippen LogP contribution in [0.15, 0.2) is 41.5 Å². The Bertz CT molecular complexity index is 1280. The Kier molecular flexibility index (Phi) is 5.84. The van der Waals surface area contributed by atoms with Crippen LogP contribution in [0.2, 0.25) is 5.15 Å². The first-order valence-electron chi connectivity index (χ1n) is 10.1. The lowest BCUT2D eigenvalue weighted by atomic mass is 10.1. The van der Waals surface area contributed by atoms with Crippen molar-refractivity contribution >= 4 is 40.1 Å². The second-order valence-electron chi connectivity index (χ2n) is 7.40. The first-order valence-corrected chi connectivity index (χ1v) is 10.4. The van der Waals surface area contributed by atoms with Crippen LogP contribution in [0.1, 0.15) is 27.6 Å². The molecule has 2 aromatic heterocycles. The molecular formula is C22H20ClFN4O4. The largest absolute Gasteiger partial charge is 0.477 e. The molecule has 8 nitrogen and oxygen atoms in total. The van der Waals surface area contributed by atoms with Gasteiger partial charge in [0.1, 0.15) is 16.5 Å². The Balaban J connectivity index is 1.62. The van der Waals surface area contributed by atoms with E-state index in [1.807, 2.05) is 6.92 Å². The quantitative estimate of drug-likeness (QED) is 0.604. The average Bonchev–Trinajstić information content (AvgIpc) is 2.79. The Morgan fingerprint density at radius 3 is 2.53 bits per heavy atom. The predicted molar refractivity (Wildman–Crippen MR) is 118 cm³/mol. The molecule has 32 heavy (non-hydrogen) atoms. The third kappa shape index (κ3) is 3.80. The van der Waals surface area contributed by atoms with Gasteiger partial charge >= 0.3 is 5.97 Å². The second-order valence-corrected chi connectivity index (χ2v) is 7.76. The molecule has 4 rings (SSSR count). The lowest BCUT2D eigenvalue weighted by Gasteiger charge is -2.36. The van der Waals surface area contributed by atoms with Crippen LogP contribution in [-0.2, 0) is 6.54 Å². The van der Waals surface area contributed by atoms with Gasteiger partial charge in [0.2, 0.25) is 5.43 Å². The number of aromatic carboxylic acids is 1. The van der Waals surface area contributed by atoms with Crippen molar-refractivity contribution in [2.45, 2.75) is 13.5 Å². The molecule has 10 heteroatoms. The highest BCUT2D eigenvalue weighted by molar-refractivity contribution is 6.32. The molecule has 1 aromatic carbocycles. The smallest absolute Gasteiger partial charge is 0.341 e. The second kappa shape index (κ2) is 8.58. The predicted octanol–water partition coefficient (Wildman–Crippen LogP) is 2.87. The minimum atomic E-state index is -1.35. The highest BCUT2D eigenvalue weighted by Gasteiger charge is 2.26. The topological polar surface area (TPSA) is 95.7 Å². The molecule has 1 aliphatic heterocycles. The number of pyridine rings is 2. The van der Waals surface area contributed by atoms with E-state index >= 15 is 0 Å². The molecule has 0 radical (unpaired) electrons. The Morgan fingerprint density at radius 1 is 1.19 bits per heavy atom. The van der Waals surface area contributed by atoms with Crippen molar-refractivity contribution in [3.05, 3.63) is 69.0 Å². The van der Waals surface area contributed by atoms with Gasteiger partial charge in [0.05, 0.1) is 16.8 Å². The fourth-order valence-electron chi connectivity index (χ4n) is 3.92. The number of fused-ring (bicyclic) bond motifs is 1. The van der Waals surface area contributed by atoms with Crippen LogP contribution in [0.4, 0.5) is 10.1 Å². The number of benzene rings is 1. The summed E-state index contributed by atoms with van der Waals surface area (Å²) in [5.41, 5.74) is -0.0342. The van der Waals surface area contributed by atoms with Crippen LogP contribution in [0.3, 0.4) is 0 Å². The van der Waals surface area contributed by atoms with Crippen molar-refractivity contribution in [3.63, 3.8) is 0 Å². The number of nitrogens with zero attached hydrogens (tertiary/aromatic N) is 4. The molecule has 0 aliphatic carbocycles. The first kappa shape index (κ1) is 21.8. The van der Waals surface area contributed by atoms with E-state index in [9.17, 15) is 23.9 Å². The van der Waals surface area contributed by atoms with E-state index in [0.29, 0.717) is 49.5 Å². The van der Waals surface area contributed by atoms with Crippen LogP contribution < -0.4 is 10.3 Å². The van der Waals surface area contributed by atoms with Gasteiger partial charge in [-0.05, 0) is 31.2 Å². The third-order valence-corrected chi connectivity index (χ3v) is 5.92. The number of aromatic nitrogens is 2. The number of aryl methyl sites for hydroxylation is 1. The summed E-state index contributed by atoms with van der Waals surface area (Å²) in [6.45, 7) is 3.72. The van der Waals surface area contributed by atoms with E-state index in [2.05, 4.69) is 4.98 Å². The minimum absolute atomic E-state index is 0.0213. The number of carbonyl (C=O) groups is 2. The Morgan fingerprint density at radius 2 is 1.91 bits per heavy atom. The van der Waals surface area contributed by atoms with E-state index < -0.39 is 22.8 Å². The molecule has 166 valence electrons. The molecule has 1 fully saturated rings. The number of carboxylic acid groups (broad SMARTS) is 1. The molecule has 0 atom stereocenters. The van der Waals surface area contributed by atoms with Crippen molar-refractivity contribution in [3.8, 4) is 0 Å². The van der Waals surface area contributed by atoms with E-state index in [-0.39, 0.29) is 16.4 Å². The number of amides is 1. The van der Waals surface area contributed by atoms with Crippen LogP contribution >= 0.6 is 11.6 Å². The van der Waals surface area contributed by atoms with Gasteiger partial charge in [-0.2, -0.15) is 0 Å². The number of carbonyl (C=O) groups excluding carboxylic acids is 1. The molecule has 1 N–H and O–H groups in total. The standard InChI is InChI=1S/C22H20ClFN4O4/c1-2-26-12-15(22(31)32)19(29)14-10-16(24)18(11-17(14)26)27-6-8-28(9-7-27)21(30)13-4-3-5-25-20(13)23/h3-5,10-12H,2,6-9H2,1H3,(H,31,32). The van der Waals surface area contributed by atoms with Crippen molar-refractivity contribution in [2.24, 2.45) is 0 Å². The summed E-state index contributed by atoms with van der Waals surface area (Å²) in [7, 11) is 0. The van der Waals surface area contributed by atoms with Gasteiger partial charge in [-0.1, -0.05) is 11.6 Å². The summed E-state index contributed by atoms with van der Waals surface area (Å²) in [6, 6.07) is 5.92. The molecule has 3 aromatic rings. The maximum Gasteiger partial charge on any atom is 0.341 e. The fraction of sp³-hybridized carbons (Fsp3) is 0.273. The van der Waals surface area contributed by atoms with Crippen molar-refractivity contribution < 1.29 is 19.1 Å². The number of hydrogen-bond acceptors (Lipinski definition) is 5. The number of halogens is 2. The van der Waals surface area contributed by atoms with Gasteiger partial charge in [0.25, 0.3) is 5.91 Å². The zero-order chi connectivity index (χ0) is 23.0. The summed E-state index contributed by atoms with van der Waals surface area (Å²) < 4.78 is 16.6. The van der Waals surface area contributed by atoms with Crippen molar-refractivity contribution in [1.29, 1.82) is 0 Å². The summed E-state index contributed by atoms with van der Waals surface area (Å²) in [6.07, 6.45) is 2.79. The lowest BCUT2D eigenvalue weighted by Crippen LogP contribution is -2.49. The fourth-order valence-corrected chi connectivity index (χ4v) is 4.12. The monoisotopic (exact) mass is 458 g/mol. The van der Waals surface area contributed by atoms with Gasteiger partial charge in [-0.25, -0.2) is 14.2 Å². The van der Waals surface area contributed by atoms with Crippen molar-refractivity contribution in [2.75, 3.05) is 31.1 Å². The molecule has 1 aliphatic rings. The maximum atomic E-state index is 15.0. The van der Waals surface area contributed by atoms with Gasteiger partial charge in [-0.3, -0.25) is 9.59 Å². The SMILES string of the molecule is CCn1cc(C(=O)O)c(=O)c2cc(F)c(N3CCN(C(=O)c4cccnc4Cl)CC3)cc21. The third-order valence-electron chi connectivity index (χ3n) is 5.62. The number of hydrogen-bond donors (Lipinski definition) is 1. The number of carboxylic acids is 1. The molecule has 1 amide bonds. The lowest BCUT2D eigenvalue weighted by molar-refractivity contribution is 0.0693. The summed E-state index contributed by atoms with van der Waals surface area (Å²) in [5.74, 6) is -2.20. The molecule has 0 bridgehead atoms. The first-order chi connectivity index (χ1) is 15.3. The number of piperazine rings is 1. The summed E-state index contributed by atoms with van der Waals surface area (Å²) in [4.78, 5) is 44.0. The van der Waals surface area contributed by atoms with Crippen LogP contribution in [0, 0.1) is 5.82 Å². The zero-order valence-electron chi connectivity index (χ0n) is 17.2. The van der Waals surface area contributed by atoms with Gasteiger partial charge < -0.3 is 19.5 Å². The maximum absolute atomic E-state index is 15.0. The van der Waals surface area contributed by atoms with E-state index in [4.69, 9.17) is 11.6 Å². The highest BCUT2D eigenvalue weighted by Crippen LogP contribution is 2.27. The summed E-state index contributed by atoms with van der Waals surface area (Å²) in [5, 5.41) is 9.44. The number of rotatable bonds is 4. The Labute approximate surface area is 187 Å². The van der Waals surface area contributed by atoms with Crippen LogP contribution in [-0.4, -0.2) is 57.6 Å². The van der Waals surface area contributed by atoms with Gasteiger partial charge in [-0.15, -0.1) is 0 Å². The molecule has 0 unspecified atom stereocenters. The van der Waals surface area contributed by atoms with Gasteiger partial charge in [0.15, 0.2) is 0 Å². The van der Waals surface area contributed by atoms with Crippen molar-refractivity contribution in [1.82, 2.24) is 14.5 Å².